The first-order valence-corrected chi connectivity index (χ1v) is 9.20. The fourth-order valence-corrected chi connectivity index (χ4v) is 3.23. The average molecular weight is 376 g/mol. The first-order chi connectivity index (χ1) is 13.5. The van der Waals surface area contributed by atoms with Crippen LogP contribution >= 0.6 is 0 Å². The number of fused-ring (bicyclic) bond motifs is 1. The van der Waals surface area contributed by atoms with Crippen molar-refractivity contribution in [3.63, 3.8) is 0 Å². The third-order valence-corrected chi connectivity index (χ3v) is 4.73. The third kappa shape index (κ3) is 3.05. The van der Waals surface area contributed by atoms with Gasteiger partial charge in [-0.2, -0.15) is 4.98 Å². The van der Waals surface area contributed by atoms with Crippen molar-refractivity contribution in [1.29, 1.82) is 0 Å². The molecule has 0 unspecified atom stereocenters. The number of hydrogen-bond acceptors (Lipinski definition) is 5. The Morgan fingerprint density at radius 1 is 1.07 bits per heavy atom. The standard InChI is InChI=1S/C21H20N4O3/c1-4-13-5-7-14(8-6-13)20-23-18(24-28-20)15-9-10-17-16(11-15)22-19(26)21(27)25(17)12(2)3/h5-12H,4H2,1-3H3,(H,22,26). The topological polar surface area (TPSA) is 93.8 Å². The summed E-state index contributed by atoms with van der Waals surface area (Å²) < 4.78 is 6.89. The highest BCUT2D eigenvalue weighted by molar-refractivity contribution is 5.80. The second kappa shape index (κ2) is 6.92. The zero-order chi connectivity index (χ0) is 19.8. The molecule has 0 fully saturated rings. The van der Waals surface area contributed by atoms with Crippen molar-refractivity contribution in [3.05, 3.63) is 68.7 Å². The lowest BCUT2D eigenvalue weighted by atomic mass is 10.1. The lowest BCUT2D eigenvalue weighted by Crippen LogP contribution is -2.37. The van der Waals surface area contributed by atoms with Crippen molar-refractivity contribution >= 4 is 11.0 Å². The summed E-state index contributed by atoms with van der Waals surface area (Å²) in [5.74, 6) is 0.845. The Morgan fingerprint density at radius 2 is 1.79 bits per heavy atom. The number of rotatable bonds is 4. The summed E-state index contributed by atoms with van der Waals surface area (Å²) in [6.07, 6.45) is 0.964. The van der Waals surface area contributed by atoms with Gasteiger partial charge < -0.3 is 9.51 Å². The molecule has 142 valence electrons. The van der Waals surface area contributed by atoms with Crippen LogP contribution < -0.4 is 11.1 Å². The molecule has 1 N–H and O–H groups in total. The lowest BCUT2D eigenvalue weighted by molar-refractivity contribution is 0.432. The van der Waals surface area contributed by atoms with Gasteiger partial charge in [0.2, 0.25) is 5.82 Å². The summed E-state index contributed by atoms with van der Waals surface area (Å²) >= 11 is 0. The second-order valence-corrected chi connectivity index (χ2v) is 6.93. The molecule has 2 aromatic carbocycles. The van der Waals surface area contributed by atoms with Crippen molar-refractivity contribution in [3.8, 4) is 22.8 Å². The predicted octanol–water partition coefficient (Wildman–Crippen LogP) is 3.55. The van der Waals surface area contributed by atoms with E-state index in [9.17, 15) is 9.59 Å². The summed E-state index contributed by atoms with van der Waals surface area (Å²) in [4.78, 5) is 31.3. The van der Waals surface area contributed by atoms with Gasteiger partial charge in [-0.15, -0.1) is 0 Å². The summed E-state index contributed by atoms with van der Waals surface area (Å²) in [6, 6.07) is 13.2. The van der Waals surface area contributed by atoms with Crippen molar-refractivity contribution in [2.75, 3.05) is 0 Å². The maximum atomic E-state index is 12.2. The van der Waals surface area contributed by atoms with Crippen LogP contribution in [0, 0.1) is 0 Å². The van der Waals surface area contributed by atoms with E-state index >= 15 is 0 Å². The van der Waals surface area contributed by atoms with Crippen LogP contribution in [-0.4, -0.2) is 19.7 Å². The molecule has 4 rings (SSSR count). The highest BCUT2D eigenvalue weighted by atomic mass is 16.5. The normalized spacial score (nSPS) is 11.4. The molecule has 0 radical (unpaired) electrons. The molecule has 0 saturated carbocycles. The molecule has 2 heterocycles. The van der Waals surface area contributed by atoms with Gasteiger partial charge in [-0.3, -0.25) is 14.2 Å². The smallest absolute Gasteiger partial charge is 0.316 e. The monoisotopic (exact) mass is 376 g/mol. The molecule has 7 nitrogen and oxygen atoms in total. The van der Waals surface area contributed by atoms with E-state index < -0.39 is 11.1 Å². The van der Waals surface area contributed by atoms with Gasteiger partial charge in [-0.25, -0.2) is 0 Å². The van der Waals surface area contributed by atoms with Crippen LogP contribution in [0.2, 0.25) is 0 Å². The number of aromatic nitrogens is 4. The van der Waals surface area contributed by atoms with Crippen LogP contribution in [-0.2, 0) is 6.42 Å². The van der Waals surface area contributed by atoms with Crippen LogP contribution in [0.1, 0.15) is 32.4 Å². The number of H-pyrrole nitrogens is 1. The summed E-state index contributed by atoms with van der Waals surface area (Å²) in [7, 11) is 0. The van der Waals surface area contributed by atoms with E-state index in [1.54, 1.807) is 12.1 Å². The number of nitrogens with one attached hydrogen (secondary N) is 1. The van der Waals surface area contributed by atoms with Gasteiger partial charge in [0, 0.05) is 17.2 Å². The number of aromatic amines is 1. The van der Waals surface area contributed by atoms with Crippen LogP contribution in [0.25, 0.3) is 33.9 Å². The molecule has 0 aliphatic rings. The molecule has 0 bridgehead atoms. The van der Waals surface area contributed by atoms with E-state index in [1.165, 1.54) is 10.1 Å². The molecule has 0 amide bonds. The molecule has 0 spiro atoms. The first-order valence-electron chi connectivity index (χ1n) is 9.20. The fraction of sp³-hybridized carbons (Fsp3) is 0.238. The number of nitrogens with zero attached hydrogens (tertiary/aromatic N) is 3. The van der Waals surface area contributed by atoms with E-state index in [1.807, 2.05) is 44.2 Å². The molecule has 7 heteroatoms. The highest BCUT2D eigenvalue weighted by Crippen LogP contribution is 2.25. The maximum Gasteiger partial charge on any atom is 0.316 e. The minimum absolute atomic E-state index is 0.133. The molecular formula is C21H20N4O3. The lowest BCUT2D eigenvalue weighted by Gasteiger charge is -2.13. The Morgan fingerprint density at radius 3 is 2.46 bits per heavy atom. The van der Waals surface area contributed by atoms with E-state index in [4.69, 9.17) is 4.52 Å². The minimum Gasteiger partial charge on any atom is -0.334 e. The Hall–Kier alpha value is -3.48. The van der Waals surface area contributed by atoms with Gasteiger partial charge in [0.25, 0.3) is 5.89 Å². The Kier molecular flexibility index (Phi) is 4.43. The zero-order valence-electron chi connectivity index (χ0n) is 15.9. The molecule has 2 aromatic heterocycles. The van der Waals surface area contributed by atoms with Gasteiger partial charge in [-0.1, -0.05) is 24.2 Å². The van der Waals surface area contributed by atoms with Crippen LogP contribution in [0.4, 0.5) is 0 Å². The number of hydrogen-bond donors (Lipinski definition) is 1. The van der Waals surface area contributed by atoms with Gasteiger partial charge in [-0.05, 0) is 56.2 Å². The predicted molar refractivity (Wildman–Crippen MR) is 107 cm³/mol. The maximum absolute atomic E-state index is 12.2. The van der Waals surface area contributed by atoms with Gasteiger partial charge in [0.05, 0.1) is 11.0 Å². The molecule has 0 aliphatic carbocycles. The van der Waals surface area contributed by atoms with Gasteiger partial charge in [0.15, 0.2) is 0 Å². The largest absolute Gasteiger partial charge is 0.334 e. The summed E-state index contributed by atoms with van der Waals surface area (Å²) in [5, 5.41) is 4.06. The molecule has 0 aliphatic heterocycles. The summed E-state index contributed by atoms with van der Waals surface area (Å²) in [5.41, 5.74) is 2.77. The zero-order valence-corrected chi connectivity index (χ0v) is 15.9. The Bertz CT molecular complexity index is 1260. The number of benzene rings is 2. The Balaban J connectivity index is 1.78. The van der Waals surface area contributed by atoms with Gasteiger partial charge >= 0.3 is 11.1 Å². The number of aryl methyl sites for hydroxylation is 1. The Labute approximate surface area is 160 Å². The van der Waals surface area contributed by atoms with Gasteiger partial charge in [0.1, 0.15) is 0 Å². The van der Waals surface area contributed by atoms with E-state index in [0.717, 1.165) is 12.0 Å². The van der Waals surface area contributed by atoms with Crippen LogP contribution in [0.5, 0.6) is 0 Å². The summed E-state index contributed by atoms with van der Waals surface area (Å²) in [6.45, 7) is 5.83. The average Bonchev–Trinajstić information content (AvgIpc) is 3.18. The highest BCUT2D eigenvalue weighted by Gasteiger charge is 2.14. The van der Waals surface area contributed by atoms with Crippen LogP contribution in [0.15, 0.2) is 56.6 Å². The molecule has 28 heavy (non-hydrogen) atoms. The van der Waals surface area contributed by atoms with Crippen molar-refractivity contribution in [2.24, 2.45) is 0 Å². The second-order valence-electron chi connectivity index (χ2n) is 6.93. The van der Waals surface area contributed by atoms with E-state index in [-0.39, 0.29) is 6.04 Å². The van der Waals surface area contributed by atoms with Crippen molar-refractivity contribution < 1.29 is 4.52 Å². The fourth-order valence-electron chi connectivity index (χ4n) is 3.23. The van der Waals surface area contributed by atoms with E-state index in [0.29, 0.717) is 28.3 Å². The SMILES string of the molecule is CCc1ccc(-c2nc(-c3ccc4c(c3)[nH]c(=O)c(=O)n4C(C)C)no2)cc1. The minimum atomic E-state index is -0.650. The molecular weight excluding hydrogens is 356 g/mol. The van der Waals surface area contributed by atoms with Crippen molar-refractivity contribution in [2.45, 2.75) is 33.2 Å². The van der Waals surface area contributed by atoms with Crippen LogP contribution in [0.3, 0.4) is 0 Å². The van der Waals surface area contributed by atoms with E-state index in [2.05, 4.69) is 22.0 Å². The molecule has 0 atom stereocenters. The molecule has 0 saturated heterocycles. The quantitative estimate of drug-likeness (QED) is 0.550. The van der Waals surface area contributed by atoms with Crippen molar-refractivity contribution in [1.82, 2.24) is 19.7 Å². The third-order valence-electron chi connectivity index (χ3n) is 4.73. The molecule has 4 aromatic rings. The first kappa shape index (κ1) is 17.9.